The van der Waals surface area contributed by atoms with Crippen molar-refractivity contribution in [1.82, 2.24) is 9.47 Å². The molecule has 0 spiro atoms. The molecule has 25 heavy (non-hydrogen) atoms. The van der Waals surface area contributed by atoms with Crippen molar-refractivity contribution >= 4 is 11.7 Å². The Kier molecular flexibility index (Phi) is 5.43. The monoisotopic (exact) mass is 338 g/mol. The summed E-state index contributed by atoms with van der Waals surface area (Å²) in [5.41, 5.74) is 0.0892. The highest BCUT2D eigenvalue weighted by Gasteiger charge is 2.33. The molecule has 0 saturated carbocycles. The predicted molar refractivity (Wildman–Crippen MR) is 95.6 cm³/mol. The molecule has 1 unspecified atom stereocenters. The Balaban J connectivity index is 2.00. The molecule has 3 rings (SSSR count). The van der Waals surface area contributed by atoms with Crippen molar-refractivity contribution in [1.29, 1.82) is 0 Å². The predicted octanol–water partition coefficient (Wildman–Crippen LogP) is 2.67. The number of rotatable bonds is 4. The summed E-state index contributed by atoms with van der Waals surface area (Å²) in [6, 6.07) is 12.2. The van der Waals surface area contributed by atoms with Gasteiger partial charge in [0.25, 0.3) is 11.5 Å². The Morgan fingerprint density at radius 2 is 1.48 bits per heavy atom. The third kappa shape index (κ3) is 3.87. The third-order valence-electron chi connectivity index (χ3n) is 4.59. The van der Waals surface area contributed by atoms with Crippen LogP contribution < -0.4 is 5.56 Å². The van der Waals surface area contributed by atoms with Crippen molar-refractivity contribution in [2.24, 2.45) is 0 Å². The van der Waals surface area contributed by atoms with E-state index in [2.05, 4.69) is 0 Å². The number of carbonyl (C=O) groups excluding carboxylic acids is 2. The number of aromatic nitrogens is 1. The Labute approximate surface area is 146 Å². The minimum Gasteiger partial charge on any atom is -0.340 e. The number of carbonyl (C=O) groups is 2. The minimum absolute atomic E-state index is 0.288. The summed E-state index contributed by atoms with van der Waals surface area (Å²) in [7, 11) is 0. The summed E-state index contributed by atoms with van der Waals surface area (Å²) in [6.45, 7) is 1.28. The molecule has 0 radical (unpaired) electrons. The minimum atomic E-state index is -1.14. The quantitative estimate of drug-likeness (QED) is 0.636. The van der Waals surface area contributed by atoms with Crippen LogP contribution in [0, 0.1) is 0 Å². The molecule has 1 aromatic heterocycles. The first-order valence-corrected chi connectivity index (χ1v) is 8.74. The lowest BCUT2D eigenvalue weighted by Crippen LogP contribution is -2.44. The first kappa shape index (κ1) is 17.1. The van der Waals surface area contributed by atoms with Crippen molar-refractivity contribution in [3.8, 4) is 0 Å². The van der Waals surface area contributed by atoms with Crippen LogP contribution in [-0.4, -0.2) is 34.2 Å². The highest BCUT2D eigenvalue weighted by atomic mass is 16.2. The standard InChI is InChI=1S/C20H22N2O3/c23-17-12-6-9-15-22(17)18(19(24)16-10-4-3-5-11-16)20(25)21-13-7-1-2-8-14-21/h3-6,9-12,15,18H,1-2,7-8,13-14H2. The van der Waals surface area contributed by atoms with Gasteiger partial charge in [0.1, 0.15) is 0 Å². The van der Waals surface area contributed by atoms with Crippen molar-refractivity contribution < 1.29 is 9.59 Å². The normalized spacial score (nSPS) is 16.1. The lowest BCUT2D eigenvalue weighted by molar-refractivity contribution is -0.133. The van der Waals surface area contributed by atoms with E-state index in [1.54, 1.807) is 41.3 Å². The molecule has 130 valence electrons. The molecule has 0 N–H and O–H groups in total. The molecular formula is C20H22N2O3. The smallest absolute Gasteiger partial charge is 0.253 e. The third-order valence-corrected chi connectivity index (χ3v) is 4.59. The molecule has 2 heterocycles. The van der Waals surface area contributed by atoms with Gasteiger partial charge in [0.15, 0.2) is 11.8 Å². The van der Waals surface area contributed by atoms with Crippen LogP contribution in [0.2, 0.25) is 0 Å². The van der Waals surface area contributed by atoms with Crippen LogP contribution in [0.3, 0.4) is 0 Å². The Bertz CT molecular complexity index is 790. The number of pyridine rings is 1. The molecule has 5 heteroatoms. The van der Waals surface area contributed by atoms with E-state index in [1.807, 2.05) is 6.07 Å². The Morgan fingerprint density at radius 1 is 0.840 bits per heavy atom. The topological polar surface area (TPSA) is 59.4 Å². The molecule has 5 nitrogen and oxygen atoms in total. The van der Waals surface area contributed by atoms with E-state index in [9.17, 15) is 14.4 Å². The van der Waals surface area contributed by atoms with Crippen molar-refractivity contribution in [2.75, 3.05) is 13.1 Å². The van der Waals surface area contributed by atoms with Gasteiger partial charge in [-0.1, -0.05) is 49.2 Å². The molecule has 1 fully saturated rings. The van der Waals surface area contributed by atoms with Gasteiger partial charge in [-0.05, 0) is 18.9 Å². The maximum Gasteiger partial charge on any atom is 0.253 e. The SMILES string of the molecule is O=C(c1ccccc1)C(C(=O)N1CCCCCC1)n1ccccc1=O. The van der Waals surface area contributed by atoms with Gasteiger partial charge in [0.05, 0.1) is 0 Å². The molecule has 1 aromatic carbocycles. The average molecular weight is 338 g/mol. The second kappa shape index (κ2) is 7.92. The Hall–Kier alpha value is -2.69. The van der Waals surface area contributed by atoms with Gasteiger partial charge in [0.2, 0.25) is 0 Å². The van der Waals surface area contributed by atoms with Crippen molar-refractivity contribution in [3.63, 3.8) is 0 Å². The van der Waals surface area contributed by atoms with Crippen LogP contribution in [0.4, 0.5) is 0 Å². The molecular weight excluding hydrogens is 316 g/mol. The maximum absolute atomic E-state index is 13.2. The van der Waals surface area contributed by atoms with Crippen LogP contribution >= 0.6 is 0 Å². The van der Waals surface area contributed by atoms with Crippen LogP contribution in [0.25, 0.3) is 0 Å². The molecule has 0 aliphatic carbocycles. The molecule has 1 saturated heterocycles. The van der Waals surface area contributed by atoms with Gasteiger partial charge >= 0.3 is 0 Å². The molecule has 1 aliphatic heterocycles. The van der Waals surface area contributed by atoms with E-state index >= 15 is 0 Å². The van der Waals surface area contributed by atoms with Crippen LogP contribution in [-0.2, 0) is 4.79 Å². The number of nitrogens with zero attached hydrogens (tertiary/aromatic N) is 2. The Morgan fingerprint density at radius 3 is 2.12 bits per heavy atom. The zero-order valence-corrected chi connectivity index (χ0v) is 14.1. The number of benzene rings is 1. The molecule has 1 amide bonds. The summed E-state index contributed by atoms with van der Waals surface area (Å²) < 4.78 is 1.25. The summed E-state index contributed by atoms with van der Waals surface area (Å²) in [5.74, 6) is -0.632. The number of amides is 1. The molecule has 1 atom stereocenters. The zero-order chi connectivity index (χ0) is 17.6. The van der Waals surface area contributed by atoms with E-state index in [0.29, 0.717) is 18.7 Å². The largest absolute Gasteiger partial charge is 0.340 e. The molecule has 1 aliphatic rings. The average Bonchev–Trinajstić information content (AvgIpc) is 2.93. The van der Waals surface area contributed by atoms with Gasteiger partial charge in [-0.3, -0.25) is 19.0 Å². The lowest BCUT2D eigenvalue weighted by Gasteiger charge is -2.26. The number of hydrogen-bond donors (Lipinski definition) is 0. The number of ketones is 1. The maximum atomic E-state index is 13.2. The van der Waals surface area contributed by atoms with Gasteiger partial charge in [-0.25, -0.2) is 0 Å². The highest BCUT2D eigenvalue weighted by molar-refractivity contribution is 6.11. The molecule has 0 bridgehead atoms. The fourth-order valence-corrected chi connectivity index (χ4v) is 3.23. The second-order valence-corrected chi connectivity index (χ2v) is 6.32. The van der Waals surface area contributed by atoms with E-state index in [-0.39, 0.29) is 17.2 Å². The van der Waals surface area contributed by atoms with Crippen LogP contribution in [0.1, 0.15) is 42.1 Å². The van der Waals surface area contributed by atoms with Gasteiger partial charge < -0.3 is 4.90 Å². The van der Waals surface area contributed by atoms with Crippen LogP contribution in [0.5, 0.6) is 0 Å². The summed E-state index contributed by atoms with van der Waals surface area (Å²) in [4.78, 5) is 40.2. The lowest BCUT2D eigenvalue weighted by atomic mass is 10.0. The second-order valence-electron chi connectivity index (χ2n) is 6.32. The number of likely N-dealkylation sites (tertiary alicyclic amines) is 1. The van der Waals surface area contributed by atoms with Gasteiger partial charge in [-0.15, -0.1) is 0 Å². The molecule has 2 aromatic rings. The van der Waals surface area contributed by atoms with E-state index < -0.39 is 6.04 Å². The van der Waals surface area contributed by atoms with E-state index in [1.165, 1.54) is 16.8 Å². The van der Waals surface area contributed by atoms with Crippen LogP contribution in [0.15, 0.2) is 59.5 Å². The van der Waals surface area contributed by atoms with E-state index in [0.717, 1.165) is 25.7 Å². The first-order valence-electron chi connectivity index (χ1n) is 8.74. The van der Waals surface area contributed by atoms with Crippen molar-refractivity contribution in [2.45, 2.75) is 31.7 Å². The fourth-order valence-electron chi connectivity index (χ4n) is 3.23. The fraction of sp³-hybridized carbons (Fsp3) is 0.350. The summed E-state index contributed by atoms with van der Waals surface area (Å²) in [6.07, 6.45) is 5.56. The van der Waals surface area contributed by atoms with Gasteiger partial charge in [0, 0.05) is 30.9 Å². The number of hydrogen-bond acceptors (Lipinski definition) is 3. The highest BCUT2D eigenvalue weighted by Crippen LogP contribution is 2.19. The summed E-state index contributed by atoms with van der Waals surface area (Å²) >= 11 is 0. The summed E-state index contributed by atoms with van der Waals surface area (Å²) in [5, 5.41) is 0. The van der Waals surface area contributed by atoms with Crippen molar-refractivity contribution in [3.05, 3.63) is 70.6 Å². The zero-order valence-electron chi connectivity index (χ0n) is 14.1. The van der Waals surface area contributed by atoms with Gasteiger partial charge in [-0.2, -0.15) is 0 Å². The first-order chi connectivity index (χ1) is 12.2. The number of Topliss-reactive ketones (excluding diaryl/α,β-unsaturated/α-hetero) is 1. The van der Waals surface area contributed by atoms with E-state index in [4.69, 9.17) is 0 Å².